The van der Waals surface area contributed by atoms with E-state index >= 15 is 0 Å². The Labute approximate surface area is 152 Å². The molecule has 5 rings (SSSR count). The van der Waals surface area contributed by atoms with Crippen LogP contribution in [0.1, 0.15) is 11.4 Å². The van der Waals surface area contributed by atoms with Gasteiger partial charge in [0.25, 0.3) is 0 Å². The second kappa shape index (κ2) is 5.63. The Balaban J connectivity index is 1.83. The molecule has 2 nitrogen and oxygen atoms in total. The van der Waals surface area contributed by atoms with Gasteiger partial charge >= 0.3 is 0 Å². The molecule has 0 aliphatic rings. The minimum atomic E-state index is 1.04. The van der Waals surface area contributed by atoms with Crippen molar-refractivity contribution in [2.45, 2.75) is 13.8 Å². The Hall–Kier alpha value is -3.26. The van der Waals surface area contributed by atoms with Crippen LogP contribution in [0.3, 0.4) is 0 Å². The third-order valence-corrected chi connectivity index (χ3v) is 5.00. The van der Waals surface area contributed by atoms with Gasteiger partial charge in [-0.3, -0.25) is 9.97 Å². The third kappa shape index (κ3) is 2.34. The number of hydrogen-bond donors (Lipinski definition) is 0. The quantitative estimate of drug-likeness (QED) is 0.340. The predicted molar refractivity (Wildman–Crippen MR) is 109 cm³/mol. The zero-order valence-corrected chi connectivity index (χ0v) is 14.8. The van der Waals surface area contributed by atoms with Crippen LogP contribution >= 0.6 is 0 Å². The maximum atomic E-state index is 4.80. The summed E-state index contributed by atoms with van der Waals surface area (Å²) in [4.78, 5) is 9.47. The molecule has 0 saturated carbocycles. The van der Waals surface area contributed by atoms with Gasteiger partial charge in [-0.05, 0) is 54.6 Å². The fourth-order valence-electron chi connectivity index (χ4n) is 3.68. The number of benzene rings is 3. The number of aryl methyl sites for hydroxylation is 2. The zero-order chi connectivity index (χ0) is 17.7. The maximum Gasteiger partial charge on any atom is 0.0783 e. The van der Waals surface area contributed by atoms with Crippen LogP contribution in [0.25, 0.3) is 43.7 Å². The Morgan fingerprint density at radius 1 is 0.615 bits per heavy atom. The molecule has 0 bridgehead atoms. The summed E-state index contributed by atoms with van der Waals surface area (Å²) >= 11 is 0. The van der Waals surface area contributed by atoms with Gasteiger partial charge in [0, 0.05) is 27.5 Å². The smallest absolute Gasteiger partial charge is 0.0783 e. The summed E-state index contributed by atoms with van der Waals surface area (Å²) in [5.41, 5.74) is 6.60. The molecule has 2 heterocycles. The van der Waals surface area contributed by atoms with E-state index in [1.54, 1.807) is 0 Å². The molecule has 0 aliphatic heterocycles. The molecule has 124 valence electrons. The first-order chi connectivity index (χ1) is 12.7. The highest BCUT2D eigenvalue weighted by molar-refractivity contribution is 6.07. The Bertz CT molecular complexity index is 1300. The van der Waals surface area contributed by atoms with E-state index in [4.69, 9.17) is 4.98 Å². The Kier molecular flexibility index (Phi) is 3.26. The van der Waals surface area contributed by atoms with Crippen molar-refractivity contribution in [2.75, 3.05) is 0 Å². The lowest BCUT2D eigenvalue weighted by atomic mass is 9.96. The van der Waals surface area contributed by atoms with Crippen molar-refractivity contribution in [3.8, 4) is 11.1 Å². The summed E-state index contributed by atoms with van der Waals surface area (Å²) in [6.45, 7) is 4.07. The molecule has 2 aromatic heterocycles. The van der Waals surface area contributed by atoms with Crippen molar-refractivity contribution >= 4 is 32.6 Å². The van der Waals surface area contributed by atoms with E-state index in [9.17, 15) is 0 Å². The number of pyridine rings is 2. The summed E-state index contributed by atoms with van der Waals surface area (Å²) in [5, 5.41) is 4.77. The molecule has 0 aliphatic carbocycles. The van der Waals surface area contributed by atoms with Crippen LogP contribution in [0.5, 0.6) is 0 Å². The van der Waals surface area contributed by atoms with Gasteiger partial charge in [0.1, 0.15) is 0 Å². The molecule has 0 radical (unpaired) electrons. The van der Waals surface area contributed by atoms with Crippen LogP contribution in [0, 0.1) is 13.8 Å². The van der Waals surface area contributed by atoms with Gasteiger partial charge in [0.15, 0.2) is 0 Å². The molecule has 0 N–H and O–H groups in total. The van der Waals surface area contributed by atoms with Gasteiger partial charge in [-0.15, -0.1) is 0 Å². The number of rotatable bonds is 1. The molecule has 0 spiro atoms. The van der Waals surface area contributed by atoms with E-state index in [0.717, 1.165) is 22.4 Å². The highest BCUT2D eigenvalue weighted by Gasteiger charge is 2.08. The van der Waals surface area contributed by atoms with Crippen LogP contribution < -0.4 is 0 Å². The Morgan fingerprint density at radius 2 is 1.35 bits per heavy atom. The SMILES string of the molecule is Cc1ccc2c(-c3ccc4ccc5ccc(C)nc5c4c3)cccc2n1. The lowest BCUT2D eigenvalue weighted by Gasteiger charge is -2.10. The summed E-state index contributed by atoms with van der Waals surface area (Å²) < 4.78 is 0. The van der Waals surface area contributed by atoms with Gasteiger partial charge in [-0.1, -0.05) is 48.5 Å². The average molecular weight is 334 g/mol. The van der Waals surface area contributed by atoms with Gasteiger partial charge in [-0.25, -0.2) is 0 Å². The molecule has 0 atom stereocenters. The fraction of sp³-hybridized carbons (Fsp3) is 0.0833. The van der Waals surface area contributed by atoms with E-state index in [0.29, 0.717) is 0 Å². The lowest BCUT2D eigenvalue weighted by molar-refractivity contribution is 1.26. The van der Waals surface area contributed by atoms with Crippen LogP contribution in [0.15, 0.2) is 72.8 Å². The highest BCUT2D eigenvalue weighted by atomic mass is 14.7. The molecule has 0 unspecified atom stereocenters. The first-order valence-electron chi connectivity index (χ1n) is 8.86. The molecular formula is C24H18N2. The molecular weight excluding hydrogens is 316 g/mol. The Morgan fingerprint density at radius 3 is 2.27 bits per heavy atom. The fourth-order valence-corrected chi connectivity index (χ4v) is 3.68. The van der Waals surface area contributed by atoms with Crippen molar-refractivity contribution < 1.29 is 0 Å². The normalized spacial score (nSPS) is 11.5. The second-order valence-electron chi connectivity index (χ2n) is 6.85. The van der Waals surface area contributed by atoms with Crippen molar-refractivity contribution in [3.63, 3.8) is 0 Å². The van der Waals surface area contributed by atoms with Crippen LogP contribution in [-0.4, -0.2) is 9.97 Å². The van der Waals surface area contributed by atoms with Crippen LogP contribution in [0.2, 0.25) is 0 Å². The van der Waals surface area contributed by atoms with E-state index in [2.05, 4.69) is 77.8 Å². The van der Waals surface area contributed by atoms with Gasteiger partial charge in [0.05, 0.1) is 11.0 Å². The van der Waals surface area contributed by atoms with E-state index < -0.39 is 0 Å². The third-order valence-electron chi connectivity index (χ3n) is 5.00. The lowest BCUT2D eigenvalue weighted by Crippen LogP contribution is -1.88. The first kappa shape index (κ1) is 15.0. The van der Waals surface area contributed by atoms with Gasteiger partial charge < -0.3 is 0 Å². The van der Waals surface area contributed by atoms with Crippen molar-refractivity contribution in [2.24, 2.45) is 0 Å². The standard InChI is InChI=1S/C24H18N2/c1-15-7-13-21-20(4-3-5-23(21)25-15)19-12-10-17-9-11-18-8-6-16(2)26-24(18)22(17)14-19/h3-14H,1-2H3. The number of fused-ring (bicyclic) bond motifs is 4. The maximum absolute atomic E-state index is 4.80. The summed E-state index contributed by atoms with van der Waals surface area (Å²) in [6.07, 6.45) is 0. The van der Waals surface area contributed by atoms with Crippen molar-refractivity contribution in [3.05, 3.63) is 84.2 Å². The number of aromatic nitrogens is 2. The summed E-state index contributed by atoms with van der Waals surface area (Å²) in [7, 11) is 0. The minimum Gasteiger partial charge on any atom is -0.253 e. The monoisotopic (exact) mass is 334 g/mol. The second-order valence-corrected chi connectivity index (χ2v) is 6.85. The van der Waals surface area contributed by atoms with Gasteiger partial charge in [0.2, 0.25) is 0 Å². The number of hydrogen-bond acceptors (Lipinski definition) is 2. The highest BCUT2D eigenvalue weighted by Crippen LogP contribution is 2.32. The topological polar surface area (TPSA) is 25.8 Å². The molecule has 0 amide bonds. The average Bonchev–Trinajstić information content (AvgIpc) is 2.66. The number of nitrogens with zero attached hydrogens (tertiary/aromatic N) is 2. The van der Waals surface area contributed by atoms with Crippen molar-refractivity contribution in [1.29, 1.82) is 0 Å². The van der Waals surface area contributed by atoms with Crippen LogP contribution in [-0.2, 0) is 0 Å². The van der Waals surface area contributed by atoms with Crippen LogP contribution in [0.4, 0.5) is 0 Å². The predicted octanol–water partition coefficient (Wildman–Crippen LogP) is 6.22. The van der Waals surface area contributed by atoms with Crippen molar-refractivity contribution in [1.82, 2.24) is 9.97 Å². The summed E-state index contributed by atoms with van der Waals surface area (Å²) in [5.74, 6) is 0. The van der Waals surface area contributed by atoms with E-state index in [1.807, 2.05) is 13.8 Å². The molecule has 2 heteroatoms. The molecule has 26 heavy (non-hydrogen) atoms. The van der Waals surface area contributed by atoms with E-state index in [1.165, 1.54) is 32.7 Å². The molecule has 3 aromatic carbocycles. The summed E-state index contributed by atoms with van der Waals surface area (Å²) in [6, 6.07) is 25.8. The van der Waals surface area contributed by atoms with Gasteiger partial charge in [-0.2, -0.15) is 0 Å². The largest absolute Gasteiger partial charge is 0.253 e. The zero-order valence-electron chi connectivity index (χ0n) is 14.8. The molecule has 0 fully saturated rings. The molecule has 0 saturated heterocycles. The minimum absolute atomic E-state index is 1.04. The first-order valence-corrected chi connectivity index (χ1v) is 8.86. The molecule has 5 aromatic rings. The van der Waals surface area contributed by atoms with E-state index in [-0.39, 0.29) is 0 Å².